The fourth-order valence-corrected chi connectivity index (χ4v) is 5.90. The highest BCUT2D eigenvalue weighted by Gasteiger charge is 2.41. The van der Waals surface area contributed by atoms with Crippen LogP contribution >= 0.6 is 27.5 Å². The van der Waals surface area contributed by atoms with Gasteiger partial charge in [-0.25, -0.2) is 0 Å². The van der Waals surface area contributed by atoms with Gasteiger partial charge >= 0.3 is 0 Å². The van der Waals surface area contributed by atoms with Gasteiger partial charge in [0.1, 0.15) is 16.9 Å². The Bertz CT molecular complexity index is 1560. The van der Waals surface area contributed by atoms with Crippen molar-refractivity contribution in [3.63, 3.8) is 0 Å². The first-order valence-electron chi connectivity index (χ1n) is 12.7. The third-order valence-corrected chi connectivity index (χ3v) is 7.71. The molecule has 0 heterocycles. The molecule has 0 aliphatic carbocycles. The Morgan fingerprint density at radius 3 is 2.34 bits per heavy atom. The zero-order valence-corrected chi connectivity index (χ0v) is 23.9. The van der Waals surface area contributed by atoms with Gasteiger partial charge in [0.25, 0.3) is 0 Å². The van der Waals surface area contributed by atoms with Crippen LogP contribution in [0.15, 0.2) is 103 Å². The number of nitrogens with zero attached hydrogens (tertiary/aromatic N) is 1. The summed E-state index contributed by atoms with van der Waals surface area (Å²) in [4.78, 5) is 2.12. The summed E-state index contributed by atoms with van der Waals surface area (Å²) < 4.78 is 5.71. The SMILES string of the molecule is CN(C)CCC(O)(c1cccc2ccccc12)C(c1cccc(Cl)c1)c1ccc2ccc(OCBr)cc2c1. The van der Waals surface area contributed by atoms with E-state index in [1.165, 1.54) is 0 Å². The minimum atomic E-state index is -1.21. The molecule has 0 aliphatic rings. The Morgan fingerprint density at radius 2 is 1.55 bits per heavy atom. The number of ether oxygens (including phenoxy) is 1. The number of rotatable bonds is 9. The van der Waals surface area contributed by atoms with E-state index in [-0.39, 0.29) is 5.92 Å². The smallest absolute Gasteiger partial charge is 0.143 e. The second-order valence-corrected chi connectivity index (χ2v) is 10.9. The van der Waals surface area contributed by atoms with Crippen molar-refractivity contribution in [2.24, 2.45) is 0 Å². The molecule has 5 rings (SSSR count). The lowest BCUT2D eigenvalue weighted by Crippen LogP contribution is -2.37. The van der Waals surface area contributed by atoms with Gasteiger partial charge in [0.05, 0.1) is 0 Å². The maximum absolute atomic E-state index is 13.0. The molecule has 5 aromatic carbocycles. The summed E-state index contributed by atoms with van der Waals surface area (Å²) in [6.45, 7) is 0.716. The molecule has 0 saturated carbocycles. The highest BCUT2D eigenvalue weighted by atomic mass is 79.9. The summed E-state index contributed by atoms with van der Waals surface area (Å²) in [7, 11) is 4.08. The normalized spacial score (nSPS) is 14.1. The summed E-state index contributed by atoms with van der Waals surface area (Å²) in [6, 6.07) is 34.9. The topological polar surface area (TPSA) is 32.7 Å². The van der Waals surface area contributed by atoms with Crippen LogP contribution in [0.1, 0.15) is 29.0 Å². The van der Waals surface area contributed by atoms with E-state index in [9.17, 15) is 5.11 Å². The molecule has 1 N–H and O–H groups in total. The third-order valence-electron chi connectivity index (χ3n) is 7.25. The summed E-state index contributed by atoms with van der Waals surface area (Å²) in [5.74, 6) is 0.430. The Hall–Kier alpha value is -2.89. The molecule has 3 nitrogen and oxygen atoms in total. The van der Waals surface area contributed by atoms with E-state index in [2.05, 4.69) is 75.4 Å². The molecule has 2 unspecified atom stereocenters. The van der Waals surface area contributed by atoms with E-state index < -0.39 is 5.60 Å². The number of hydrogen-bond acceptors (Lipinski definition) is 3. The first-order chi connectivity index (χ1) is 18.4. The van der Waals surface area contributed by atoms with E-state index in [4.69, 9.17) is 16.3 Å². The van der Waals surface area contributed by atoms with Crippen LogP contribution in [-0.2, 0) is 5.60 Å². The number of aliphatic hydroxyl groups is 1. The zero-order valence-electron chi connectivity index (χ0n) is 21.6. The van der Waals surface area contributed by atoms with Gasteiger partial charge in [0.2, 0.25) is 0 Å². The van der Waals surface area contributed by atoms with Crippen molar-refractivity contribution in [3.8, 4) is 5.75 Å². The average molecular weight is 589 g/mol. The molecular weight excluding hydrogens is 558 g/mol. The van der Waals surface area contributed by atoms with Crippen molar-refractivity contribution in [1.82, 2.24) is 4.90 Å². The lowest BCUT2D eigenvalue weighted by molar-refractivity contribution is 0.00592. The van der Waals surface area contributed by atoms with Gasteiger partial charge in [0, 0.05) is 17.5 Å². The van der Waals surface area contributed by atoms with Gasteiger partial charge < -0.3 is 14.7 Å². The number of halogens is 2. The summed E-state index contributed by atoms with van der Waals surface area (Å²) >= 11 is 9.89. The minimum absolute atomic E-state index is 0.364. The molecule has 38 heavy (non-hydrogen) atoms. The number of benzene rings is 5. The number of alkyl halides is 1. The minimum Gasteiger partial charge on any atom is -0.482 e. The number of hydrogen-bond donors (Lipinski definition) is 1. The summed E-state index contributed by atoms with van der Waals surface area (Å²) in [6.07, 6.45) is 0.538. The van der Waals surface area contributed by atoms with Crippen molar-refractivity contribution < 1.29 is 9.84 Å². The Labute approximate surface area is 237 Å². The van der Waals surface area contributed by atoms with Gasteiger partial charge in [-0.2, -0.15) is 0 Å². The quantitative estimate of drug-likeness (QED) is 0.176. The Morgan fingerprint density at radius 1 is 0.816 bits per heavy atom. The van der Waals surface area contributed by atoms with E-state index in [0.29, 0.717) is 23.5 Å². The molecule has 0 spiro atoms. The van der Waals surface area contributed by atoms with Crippen LogP contribution in [0.3, 0.4) is 0 Å². The largest absolute Gasteiger partial charge is 0.482 e. The highest BCUT2D eigenvalue weighted by Crippen LogP contribution is 2.47. The van der Waals surface area contributed by atoms with E-state index in [0.717, 1.165) is 44.0 Å². The molecule has 0 aromatic heterocycles. The molecule has 2 atom stereocenters. The Balaban J connectivity index is 1.78. The molecule has 0 radical (unpaired) electrons. The van der Waals surface area contributed by atoms with Gasteiger partial charge in [0.15, 0.2) is 0 Å². The zero-order chi connectivity index (χ0) is 26.7. The summed E-state index contributed by atoms with van der Waals surface area (Å²) in [5.41, 5.74) is 2.12. The fraction of sp³-hybridized carbons (Fsp3) is 0.212. The van der Waals surface area contributed by atoms with Crippen LogP contribution < -0.4 is 4.74 Å². The fourth-order valence-electron chi connectivity index (χ4n) is 5.44. The molecule has 5 aromatic rings. The molecular formula is C33H31BrClNO2. The first kappa shape index (κ1) is 26.7. The maximum atomic E-state index is 13.0. The van der Waals surface area contributed by atoms with Crippen LogP contribution in [0.25, 0.3) is 21.5 Å². The molecule has 194 valence electrons. The second kappa shape index (κ2) is 11.5. The van der Waals surface area contributed by atoms with Crippen LogP contribution in [-0.4, -0.2) is 36.2 Å². The standard InChI is InChI=1S/C33H31BrClNO2/c1-36(2)18-17-33(37,31-12-6-8-24-7-3-4-11-30(24)31)32(25-9-5-10-28(35)20-25)26-14-13-23-15-16-29(38-22-34)21-27(23)19-26/h3-16,19-21,32,37H,17-18,22H2,1-2H3. The van der Waals surface area contributed by atoms with Crippen molar-refractivity contribution in [2.75, 3.05) is 26.2 Å². The molecule has 5 heteroatoms. The second-order valence-electron chi connectivity index (χ2n) is 10.0. The van der Waals surface area contributed by atoms with Crippen LogP contribution in [0.2, 0.25) is 5.02 Å². The first-order valence-corrected chi connectivity index (χ1v) is 14.2. The van der Waals surface area contributed by atoms with Crippen LogP contribution in [0, 0.1) is 0 Å². The van der Waals surface area contributed by atoms with E-state index in [1.54, 1.807) is 0 Å². The van der Waals surface area contributed by atoms with Crippen molar-refractivity contribution >= 4 is 49.1 Å². The van der Waals surface area contributed by atoms with Gasteiger partial charge in [-0.05, 0) is 98.9 Å². The monoisotopic (exact) mass is 587 g/mol. The predicted octanol–water partition coefficient (Wildman–Crippen LogP) is 8.35. The van der Waals surface area contributed by atoms with Crippen LogP contribution in [0.4, 0.5) is 0 Å². The lowest BCUT2D eigenvalue weighted by atomic mass is 9.70. The Kier molecular flexibility index (Phi) is 8.06. The van der Waals surface area contributed by atoms with Gasteiger partial charge in [-0.15, -0.1) is 0 Å². The molecule has 0 saturated heterocycles. The predicted molar refractivity (Wildman–Crippen MR) is 163 cm³/mol. The lowest BCUT2D eigenvalue weighted by Gasteiger charge is -2.39. The average Bonchev–Trinajstić information content (AvgIpc) is 2.92. The molecule has 0 amide bonds. The maximum Gasteiger partial charge on any atom is 0.143 e. The van der Waals surface area contributed by atoms with Crippen LogP contribution in [0.5, 0.6) is 5.75 Å². The van der Waals surface area contributed by atoms with Gasteiger partial charge in [-0.1, -0.05) is 90.5 Å². The summed E-state index contributed by atoms with van der Waals surface area (Å²) in [5, 5.41) is 18.0. The molecule has 0 fully saturated rings. The van der Waals surface area contributed by atoms with Gasteiger partial charge in [-0.3, -0.25) is 0 Å². The van der Waals surface area contributed by atoms with Crippen molar-refractivity contribution in [2.45, 2.75) is 17.9 Å². The molecule has 0 bridgehead atoms. The highest BCUT2D eigenvalue weighted by molar-refractivity contribution is 9.09. The third kappa shape index (κ3) is 5.45. The van der Waals surface area contributed by atoms with E-state index >= 15 is 0 Å². The van der Waals surface area contributed by atoms with Crippen molar-refractivity contribution in [3.05, 3.63) is 125 Å². The number of fused-ring (bicyclic) bond motifs is 2. The molecule has 0 aliphatic heterocycles. The van der Waals surface area contributed by atoms with Crippen molar-refractivity contribution in [1.29, 1.82) is 0 Å². The van der Waals surface area contributed by atoms with E-state index in [1.807, 2.05) is 62.6 Å².